The normalized spacial score (nSPS) is 23.6. The molecule has 0 amide bonds. The Kier molecular flexibility index (Phi) is 4.37. The highest BCUT2D eigenvalue weighted by Crippen LogP contribution is 2.29. The summed E-state index contributed by atoms with van der Waals surface area (Å²) in [5, 5.41) is 6.38. The zero-order chi connectivity index (χ0) is 13.8. The van der Waals surface area contributed by atoms with Gasteiger partial charge in [-0.2, -0.15) is 0 Å². The van der Waals surface area contributed by atoms with E-state index in [-0.39, 0.29) is 0 Å². The van der Waals surface area contributed by atoms with E-state index in [1.165, 1.54) is 54.9 Å². The van der Waals surface area contributed by atoms with Gasteiger partial charge in [-0.3, -0.25) is 0 Å². The average Bonchev–Trinajstić information content (AvgIpc) is 2.72. The van der Waals surface area contributed by atoms with Crippen molar-refractivity contribution >= 4 is 10.8 Å². The largest absolute Gasteiger partial charge is 0.317 e. The first-order valence-electron chi connectivity index (χ1n) is 8.02. The number of nitrogens with one attached hydrogen (secondary N) is 1. The predicted molar refractivity (Wildman–Crippen MR) is 87.1 cm³/mol. The Morgan fingerprint density at radius 3 is 2.65 bits per heavy atom. The van der Waals surface area contributed by atoms with Crippen molar-refractivity contribution in [2.45, 2.75) is 44.6 Å². The minimum Gasteiger partial charge on any atom is -0.317 e. The van der Waals surface area contributed by atoms with Crippen LogP contribution in [0.1, 0.15) is 37.7 Å². The van der Waals surface area contributed by atoms with Gasteiger partial charge in [-0.25, -0.2) is 0 Å². The highest BCUT2D eigenvalue weighted by molar-refractivity contribution is 5.85. The Morgan fingerprint density at radius 2 is 1.75 bits per heavy atom. The van der Waals surface area contributed by atoms with Crippen molar-refractivity contribution in [3.05, 3.63) is 48.0 Å². The Balaban J connectivity index is 1.87. The highest BCUT2D eigenvalue weighted by Gasteiger charge is 2.22. The number of hydrogen-bond acceptors (Lipinski definition) is 1. The first kappa shape index (κ1) is 13.6. The average molecular weight is 267 g/mol. The lowest BCUT2D eigenvalue weighted by Gasteiger charge is -2.25. The van der Waals surface area contributed by atoms with Crippen LogP contribution in [0.25, 0.3) is 10.8 Å². The van der Waals surface area contributed by atoms with E-state index in [2.05, 4.69) is 54.8 Å². The molecular formula is C19H25N. The minimum absolute atomic E-state index is 0.691. The second kappa shape index (κ2) is 6.41. The van der Waals surface area contributed by atoms with Crippen LogP contribution in [-0.2, 0) is 6.42 Å². The highest BCUT2D eigenvalue weighted by atomic mass is 14.9. The molecule has 20 heavy (non-hydrogen) atoms. The van der Waals surface area contributed by atoms with Crippen molar-refractivity contribution in [1.29, 1.82) is 0 Å². The van der Waals surface area contributed by atoms with Crippen molar-refractivity contribution in [3.8, 4) is 0 Å². The van der Waals surface area contributed by atoms with Crippen molar-refractivity contribution in [2.24, 2.45) is 5.92 Å². The van der Waals surface area contributed by atoms with Crippen LogP contribution in [0.4, 0.5) is 0 Å². The maximum absolute atomic E-state index is 3.56. The van der Waals surface area contributed by atoms with Gasteiger partial charge in [0.1, 0.15) is 0 Å². The van der Waals surface area contributed by atoms with Gasteiger partial charge in [0.25, 0.3) is 0 Å². The van der Waals surface area contributed by atoms with Gasteiger partial charge in [0.15, 0.2) is 0 Å². The third kappa shape index (κ3) is 2.88. The third-order valence-corrected chi connectivity index (χ3v) is 4.89. The van der Waals surface area contributed by atoms with Crippen molar-refractivity contribution in [1.82, 2.24) is 5.32 Å². The summed E-state index contributed by atoms with van der Waals surface area (Å²) in [5.74, 6) is 0.785. The standard InChI is InChI=1S/C19H25N/c1-20-19-13-4-2-3-9-17(19)14-16-11-7-10-15-8-5-6-12-18(15)16/h5-8,10-12,17,19-20H,2-4,9,13-14H2,1H3. The summed E-state index contributed by atoms with van der Waals surface area (Å²) in [6.45, 7) is 0. The van der Waals surface area contributed by atoms with E-state index < -0.39 is 0 Å². The smallest absolute Gasteiger partial charge is 0.00955 e. The van der Waals surface area contributed by atoms with Crippen LogP contribution < -0.4 is 5.32 Å². The lowest BCUT2D eigenvalue weighted by molar-refractivity contribution is 0.351. The Morgan fingerprint density at radius 1 is 0.950 bits per heavy atom. The molecule has 0 bridgehead atoms. The second-order valence-electron chi connectivity index (χ2n) is 6.14. The lowest BCUT2D eigenvalue weighted by Crippen LogP contribution is -2.33. The van der Waals surface area contributed by atoms with E-state index in [1.807, 2.05) is 0 Å². The van der Waals surface area contributed by atoms with Crippen LogP contribution in [0.15, 0.2) is 42.5 Å². The fraction of sp³-hybridized carbons (Fsp3) is 0.474. The first-order valence-corrected chi connectivity index (χ1v) is 8.02. The number of rotatable bonds is 3. The molecule has 3 rings (SSSR count). The number of hydrogen-bond donors (Lipinski definition) is 1. The van der Waals surface area contributed by atoms with Gasteiger partial charge < -0.3 is 5.32 Å². The van der Waals surface area contributed by atoms with Gasteiger partial charge in [-0.05, 0) is 48.6 Å². The van der Waals surface area contributed by atoms with Gasteiger partial charge >= 0.3 is 0 Å². The number of fused-ring (bicyclic) bond motifs is 1. The maximum atomic E-state index is 3.56. The molecule has 0 aliphatic heterocycles. The molecule has 1 heteroatoms. The van der Waals surface area contributed by atoms with E-state index in [9.17, 15) is 0 Å². The molecule has 1 fully saturated rings. The van der Waals surface area contributed by atoms with Gasteiger partial charge in [0.05, 0.1) is 0 Å². The molecule has 0 radical (unpaired) electrons. The molecule has 1 aliphatic carbocycles. The molecule has 0 heterocycles. The summed E-state index contributed by atoms with van der Waals surface area (Å²) in [6, 6.07) is 16.2. The van der Waals surface area contributed by atoms with Crippen LogP contribution in [0.2, 0.25) is 0 Å². The topological polar surface area (TPSA) is 12.0 Å². The minimum atomic E-state index is 0.691. The molecule has 1 saturated carbocycles. The van der Waals surface area contributed by atoms with Crippen LogP contribution in [0, 0.1) is 5.92 Å². The van der Waals surface area contributed by atoms with Gasteiger partial charge in [0.2, 0.25) is 0 Å². The zero-order valence-electron chi connectivity index (χ0n) is 12.4. The molecule has 2 aromatic rings. The molecule has 1 N–H and O–H groups in total. The molecule has 0 saturated heterocycles. The Labute approximate surface area is 122 Å². The van der Waals surface area contributed by atoms with Gasteiger partial charge in [-0.1, -0.05) is 61.7 Å². The van der Waals surface area contributed by atoms with E-state index in [0.29, 0.717) is 6.04 Å². The summed E-state index contributed by atoms with van der Waals surface area (Å²) in [5.41, 5.74) is 1.52. The summed E-state index contributed by atoms with van der Waals surface area (Å²) in [6.07, 6.45) is 8.11. The second-order valence-corrected chi connectivity index (χ2v) is 6.14. The number of benzene rings is 2. The molecule has 106 valence electrons. The molecule has 1 aliphatic rings. The summed E-state index contributed by atoms with van der Waals surface area (Å²) >= 11 is 0. The molecule has 0 aromatic heterocycles. The molecule has 1 nitrogen and oxygen atoms in total. The predicted octanol–water partition coefficient (Wildman–Crippen LogP) is 4.55. The monoisotopic (exact) mass is 267 g/mol. The fourth-order valence-corrected chi connectivity index (χ4v) is 3.76. The van der Waals surface area contributed by atoms with E-state index in [0.717, 1.165) is 5.92 Å². The van der Waals surface area contributed by atoms with Crippen molar-refractivity contribution < 1.29 is 0 Å². The third-order valence-electron chi connectivity index (χ3n) is 4.89. The fourth-order valence-electron chi connectivity index (χ4n) is 3.76. The quantitative estimate of drug-likeness (QED) is 0.804. The van der Waals surface area contributed by atoms with E-state index in [4.69, 9.17) is 0 Å². The van der Waals surface area contributed by atoms with E-state index >= 15 is 0 Å². The van der Waals surface area contributed by atoms with Crippen molar-refractivity contribution in [2.75, 3.05) is 7.05 Å². The zero-order valence-corrected chi connectivity index (χ0v) is 12.4. The van der Waals surface area contributed by atoms with Gasteiger partial charge in [-0.15, -0.1) is 0 Å². The molecular weight excluding hydrogens is 242 g/mol. The summed E-state index contributed by atoms with van der Waals surface area (Å²) < 4.78 is 0. The molecule has 2 unspecified atom stereocenters. The molecule has 2 atom stereocenters. The van der Waals surface area contributed by atoms with Crippen LogP contribution in [-0.4, -0.2) is 13.1 Å². The van der Waals surface area contributed by atoms with Crippen LogP contribution >= 0.6 is 0 Å². The Bertz CT molecular complexity index is 555. The molecule has 2 aromatic carbocycles. The summed E-state index contributed by atoms with van der Waals surface area (Å²) in [4.78, 5) is 0. The molecule has 0 spiro atoms. The van der Waals surface area contributed by atoms with Crippen LogP contribution in [0.5, 0.6) is 0 Å². The SMILES string of the molecule is CNC1CCCCCC1Cc1cccc2ccccc12. The summed E-state index contributed by atoms with van der Waals surface area (Å²) in [7, 11) is 2.13. The first-order chi connectivity index (χ1) is 9.88. The van der Waals surface area contributed by atoms with Crippen LogP contribution in [0.3, 0.4) is 0 Å². The van der Waals surface area contributed by atoms with Crippen molar-refractivity contribution in [3.63, 3.8) is 0 Å². The van der Waals surface area contributed by atoms with Gasteiger partial charge in [0, 0.05) is 6.04 Å². The lowest BCUT2D eigenvalue weighted by atomic mass is 9.87. The van der Waals surface area contributed by atoms with E-state index in [1.54, 1.807) is 0 Å². The maximum Gasteiger partial charge on any atom is 0.00955 e. The Hall–Kier alpha value is -1.34.